The molecule has 0 aromatic heterocycles. The van der Waals surface area contributed by atoms with Crippen molar-refractivity contribution in [2.24, 2.45) is 0 Å². The van der Waals surface area contributed by atoms with Crippen molar-refractivity contribution in [3.63, 3.8) is 0 Å². The van der Waals surface area contributed by atoms with Gasteiger partial charge in [-0.2, -0.15) is 0 Å². The van der Waals surface area contributed by atoms with E-state index < -0.39 is 22.3 Å². The fourth-order valence-corrected chi connectivity index (χ4v) is 1.75. The Kier molecular flexibility index (Phi) is 4.14. The summed E-state index contributed by atoms with van der Waals surface area (Å²) in [5, 5.41) is 10.7. The van der Waals surface area contributed by atoms with Crippen LogP contribution in [0.2, 0.25) is 5.02 Å². The molecule has 0 unspecified atom stereocenters. The fourth-order valence-electron chi connectivity index (χ4n) is 1.56. The van der Waals surface area contributed by atoms with Crippen LogP contribution >= 0.6 is 11.6 Å². The van der Waals surface area contributed by atoms with E-state index >= 15 is 0 Å². The molecule has 0 saturated heterocycles. The lowest BCUT2D eigenvalue weighted by Crippen LogP contribution is -2.00. The molecule has 4 nitrogen and oxygen atoms in total. The van der Waals surface area contributed by atoms with Crippen molar-refractivity contribution in [3.05, 3.63) is 68.7 Å². The second kappa shape index (κ2) is 5.83. The number of halogens is 3. The highest BCUT2D eigenvalue weighted by Crippen LogP contribution is 2.27. The second-order valence-corrected chi connectivity index (χ2v) is 4.29. The van der Waals surface area contributed by atoms with Crippen LogP contribution in [-0.2, 0) is 6.61 Å². The van der Waals surface area contributed by atoms with Crippen molar-refractivity contribution in [3.8, 4) is 5.75 Å². The van der Waals surface area contributed by atoms with Crippen molar-refractivity contribution in [1.29, 1.82) is 0 Å². The molecule has 2 rings (SSSR count). The van der Waals surface area contributed by atoms with Crippen LogP contribution in [0.4, 0.5) is 14.5 Å². The first-order valence-corrected chi connectivity index (χ1v) is 5.86. The first-order valence-electron chi connectivity index (χ1n) is 5.48. The van der Waals surface area contributed by atoms with Gasteiger partial charge in [-0.15, -0.1) is 0 Å². The molecule has 0 bridgehead atoms. The number of nitro benzene ring substituents is 1. The van der Waals surface area contributed by atoms with Crippen molar-refractivity contribution in [2.75, 3.05) is 0 Å². The van der Waals surface area contributed by atoms with E-state index in [0.717, 1.165) is 12.1 Å². The zero-order valence-corrected chi connectivity index (χ0v) is 10.7. The molecule has 0 atom stereocenters. The molecule has 0 saturated carbocycles. The number of nitro groups is 1. The zero-order valence-electron chi connectivity index (χ0n) is 9.98. The van der Waals surface area contributed by atoms with E-state index in [1.165, 1.54) is 24.3 Å². The monoisotopic (exact) mass is 299 g/mol. The van der Waals surface area contributed by atoms with E-state index in [4.69, 9.17) is 16.3 Å². The SMILES string of the molecule is O=[N+]([O-])c1cc(COc2c(F)cccc2F)ccc1Cl. The van der Waals surface area contributed by atoms with Crippen molar-refractivity contribution in [2.45, 2.75) is 6.61 Å². The van der Waals surface area contributed by atoms with E-state index in [1.807, 2.05) is 0 Å². The van der Waals surface area contributed by atoms with Gasteiger partial charge in [-0.3, -0.25) is 10.1 Å². The maximum Gasteiger partial charge on any atom is 0.288 e. The van der Waals surface area contributed by atoms with E-state index in [-0.39, 0.29) is 17.3 Å². The van der Waals surface area contributed by atoms with Crippen molar-refractivity contribution in [1.82, 2.24) is 0 Å². The number of hydrogen-bond acceptors (Lipinski definition) is 3. The number of nitrogens with zero attached hydrogens (tertiary/aromatic N) is 1. The third kappa shape index (κ3) is 3.03. The molecule has 0 radical (unpaired) electrons. The number of ether oxygens (including phenoxy) is 1. The molecule has 104 valence electrons. The van der Waals surface area contributed by atoms with E-state index in [1.54, 1.807) is 0 Å². The molecule has 2 aromatic rings. The number of hydrogen-bond donors (Lipinski definition) is 0. The third-order valence-corrected chi connectivity index (χ3v) is 2.83. The molecule has 0 fully saturated rings. The summed E-state index contributed by atoms with van der Waals surface area (Å²) in [4.78, 5) is 10.1. The average molecular weight is 300 g/mol. The Morgan fingerprint density at radius 3 is 2.45 bits per heavy atom. The molecular formula is C13H8ClF2NO3. The Bertz CT molecular complexity index is 644. The minimum atomic E-state index is -0.839. The molecule has 20 heavy (non-hydrogen) atoms. The van der Waals surface area contributed by atoms with Gasteiger partial charge in [0.2, 0.25) is 0 Å². The topological polar surface area (TPSA) is 52.4 Å². The third-order valence-electron chi connectivity index (χ3n) is 2.51. The highest BCUT2D eigenvalue weighted by atomic mass is 35.5. The lowest BCUT2D eigenvalue weighted by atomic mass is 10.2. The van der Waals surface area contributed by atoms with E-state index in [0.29, 0.717) is 5.56 Å². The van der Waals surface area contributed by atoms with E-state index in [9.17, 15) is 18.9 Å². The normalized spacial score (nSPS) is 10.3. The summed E-state index contributed by atoms with van der Waals surface area (Å²) >= 11 is 5.66. The summed E-state index contributed by atoms with van der Waals surface area (Å²) in [6.07, 6.45) is 0. The van der Waals surface area contributed by atoms with Gasteiger partial charge in [0.1, 0.15) is 11.6 Å². The van der Waals surface area contributed by atoms with Gasteiger partial charge < -0.3 is 4.74 Å². The van der Waals surface area contributed by atoms with Crippen LogP contribution < -0.4 is 4.74 Å². The smallest absolute Gasteiger partial charge is 0.288 e. The Hall–Kier alpha value is -2.21. The largest absolute Gasteiger partial charge is 0.483 e. The minimum Gasteiger partial charge on any atom is -0.483 e. The first kappa shape index (κ1) is 14.2. The maximum atomic E-state index is 13.3. The summed E-state index contributed by atoms with van der Waals surface area (Å²) in [6, 6.07) is 7.33. The molecular weight excluding hydrogens is 292 g/mol. The van der Waals surface area contributed by atoms with Crippen LogP contribution in [0, 0.1) is 21.7 Å². The van der Waals surface area contributed by atoms with Gasteiger partial charge in [-0.05, 0) is 23.8 Å². The van der Waals surface area contributed by atoms with Gasteiger partial charge >= 0.3 is 0 Å². The van der Waals surface area contributed by atoms with Gasteiger partial charge in [-0.1, -0.05) is 23.7 Å². The van der Waals surface area contributed by atoms with Gasteiger partial charge in [0.15, 0.2) is 17.4 Å². The zero-order chi connectivity index (χ0) is 14.7. The lowest BCUT2D eigenvalue weighted by molar-refractivity contribution is -0.384. The summed E-state index contributed by atoms with van der Waals surface area (Å²) in [7, 11) is 0. The summed E-state index contributed by atoms with van der Waals surface area (Å²) in [6.45, 7) is -0.212. The Morgan fingerprint density at radius 2 is 1.85 bits per heavy atom. The van der Waals surface area contributed by atoms with Crippen LogP contribution in [0.3, 0.4) is 0 Å². The fraction of sp³-hybridized carbons (Fsp3) is 0.0769. The maximum absolute atomic E-state index is 13.3. The molecule has 0 spiro atoms. The van der Waals surface area contributed by atoms with Gasteiger partial charge in [-0.25, -0.2) is 8.78 Å². The minimum absolute atomic E-state index is 0.0178. The highest BCUT2D eigenvalue weighted by molar-refractivity contribution is 6.32. The number of rotatable bonds is 4. The predicted octanol–water partition coefficient (Wildman–Crippen LogP) is 4.11. The summed E-state index contributed by atoms with van der Waals surface area (Å²) in [5.74, 6) is -2.20. The molecule has 7 heteroatoms. The molecule has 0 amide bonds. The van der Waals surface area contributed by atoms with Crippen molar-refractivity contribution >= 4 is 17.3 Å². The van der Waals surface area contributed by atoms with Gasteiger partial charge in [0, 0.05) is 6.07 Å². The standard InChI is InChI=1S/C13H8ClF2NO3/c14-9-5-4-8(6-12(9)17(18)19)7-20-13-10(15)2-1-3-11(13)16/h1-6H,7H2. The predicted molar refractivity (Wildman–Crippen MR) is 68.8 cm³/mol. The van der Waals surface area contributed by atoms with Crippen LogP contribution in [0.25, 0.3) is 0 Å². The highest BCUT2D eigenvalue weighted by Gasteiger charge is 2.14. The number of benzene rings is 2. The Morgan fingerprint density at radius 1 is 1.20 bits per heavy atom. The van der Waals surface area contributed by atoms with E-state index in [2.05, 4.69) is 0 Å². The van der Waals surface area contributed by atoms with Gasteiger partial charge in [0.05, 0.1) is 4.92 Å². The van der Waals surface area contributed by atoms with Crippen LogP contribution in [0.1, 0.15) is 5.56 Å². The molecule has 2 aromatic carbocycles. The first-order chi connectivity index (χ1) is 9.49. The lowest BCUT2D eigenvalue weighted by Gasteiger charge is -2.08. The summed E-state index contributed by atoms with van der Waals surface area (Å²) < 4.78 is 31.7. The van der Waals surface area contributed by atoms with Crippen LogP contribution in [-0.4, -0.2) is 4.92 Å². The Labute approximate surface area is 117 Å². The Balaban J connectivity index is 2.19. The summed E-state index contributed by atoms with van der Waals surface area (Å²) in [5.41, 5.74) is 0.0884. The number of para-hydroxylation sites is 1. The molecule has 0 aliphatic carbocycles. The van der Waals surface area contributed by atoms with Gasteiger partial charge in [0.25, 0.3) is 5.69 Å². The van der Waals surface area contributed by atoms with Crippen LogP contribution in [0.15, 0.2) is 36.4 Å². The molecule has 0 aliphatic heterocycles. The van der Waals surface area contributed by atoms with Crippen LogP contribution in [0.5, 0.6) is 5.75 Å². The quantitative estimate of drug-likeness (QED) is 0.630. The van der Waals surface area contributed by atoms with Crippen molar-refractivity contribution < 1.29 is 18.4 Å². The molecule has 0 heterocycles. The molecule has 0 aliphatic rings. The molecule has 0 N–H and O–H groups in total. The second-order valence-electron chi connectivity index (χ2n) is 3.88. The average Bonchev–Trinajstić information content (AvgIpc) is 2.39.